The molecule has 1 aliphatic rings. The number of hydrogen-bond donors (Lipinski definition) is 0. The topological polar surface area (TPSA) is 34.1 Å². The van der Waals surface area contributed by atoms with E-state index in [4.69, 9.17) is 0 Å². The van der Waals surface area contributed by atoms with Crippen molar-refractivity contribution in [3.8, 4) is 0 Å². The lowest BCUT2D eigenvalue weighted by atomic mass is 9.65. The van der Waals surface area contributed by atoms with Crippen LogP contribution in [-0.2, 0) is 0 Å². The summed E-state index contributed by atoms with van der Waals surface area (Å²) in [5, 5.41) is 0. The third-order valence-corrected chi connectivity index (χ3v) is 9.72. The van der Waals surface area contributed by atoms with E-state index >= 15 is 0 Å². The van der Waals surface area contributed by atoms with Gasteiger partial charge in [0.1, 0.15) is 0 Å². The highest BCUT2D eigenvalue weighted by Crippen LogP contribution is 2.50. The molecule has 0 spiro atoms. The number of ketones is 2. The van der Waals surface area contributed by atoms with E-state index in [0.717, 1.165) is 30.7 Å². The fraction of sp³-hybridized carbons (Fsp3) is 0.517. The van der Waals surface area contributed by atoms with E-state index in [1.165, 1.54) is 0 Å². The lowest BCUT2D eigenvalue weighted by Gasteiger charge is -2.37. The maximum atomic E-state index is 13.4. The van der Waals surface area contributed by atoms with Crippen molar-refractivity contribution in [2.45, 2.75) is 88.8 Å². The van der Waals surface area contributed by atoms with Crippen LogP contribution in [0.4, 0.5) is 0 Å². The van der Waals surface area contributed by atoms with Crippen LogP contribution in [-0.4, -0.2) is 11.6 Å². The van der Waals surface area contributed by atoms with Crippen LogP contribution in [0, 0.1) is 28.1 Å². The fourth-order valence-corrected chi connectivity index (χ4v) is 6.73. The molecule has 2 nitrogen and oxygen atoms in total. The second kappa shape index (κ2) is 8.92. The second-order valence-electron chi connectivity index (χ2n) is 12.2. The standard InChI is InChI=1S/C29H38O2S2/c1-17(2)24(27(3,4)5)25(30)18-11-13-20-22(15-18)32-21-14-12-19(16-23(21)33-20)26(31)29(9,10)28(6,7)8/h11-17,24H,1-10H3. The van der Waals surface area contributed by atoms with E-state index in [1.807, 2.05) is 32.0 Å². The highest BCUT2D eigenvalue weighted by atomic mass is 32.2. The first-order valence-corrected chi connectivity index (χ1v) is 13.4. The zero-order valence-corrected chi connectivity index (χ0v) is 23.4. The molecule has 4 heteroatoms. The molecule has 0 aliphatic carbocycles. The average Bonchev–Trinajstić information content (AvgIpc) is 2.68. The Bertz CT molecular complexity index is 1080. The van der Waals surface area contributed by atoms with Crippen LogP contribution in [0.3, 0.4) is 0 Å². The molecule has 1 aliphatic heterocycles. The maximum absolute atomic E-state index is 13.4. The number of rotatable bonds is 5. The fourth-order valence-electron chi connectivity index (χ4n) is 4.45. The van der Waals surface area contributed by atoms with E-state index in [2.05, 4.69) is 73.6 Å². The molecule has 0 saturated carbocycles. The molecule has 0 N–H and O–H groups in total. The van der Waals surface area contributed by atoms with E-state index < -0.39 is 5.41 Å². The van der Waals surface area contributed by atoms with E-state index in [-0.39, 0.29) is 34.2 Å². The Morgan fingerprint density at radius 1 is 0.697 bits per heavy atom. The monoisotopic (exact) mass is 482 g/mol. The first kappa shape index (κ1) is 26.1. The summed E-state index contributed by atoms with van der Waals surface area (Å²) in [6.07, 6.45) is 0. The predicted molar refractivity (Wildman–Crippen MR) is 141 cm³/mol. The van der Waals surface area contributed by atoms with Gasteiger partial charge in [0.25, 0.3) is 0 Å². The minimum absolute atomic E-state index is 0.0242. The average molecular weight is 483 g/mol. The highest BCUT2D eigenvalue weighted by molar-refractivity contribution is 8.05. The molecule has 2 aromatic rings. The van der Waals surface area contributed by atoms with Crippen LogP contribution in [0.25, 0.3) is 0 Å². The third-order valence-electron chi connectivity index (χ3n) is 7.20. The molecular formula is C29H38O2S2. The van der Waals surface area contributed by atoms with Crippen LogP contribution < -0.4 is 0 Å². The normalized spacial score (nSPS) is 15.1. The minimum atomic E-state index is -0.457. The van der Waals surface area contributed by atoms with Gasteiger partial charge in [-0.25, -0.2) is 0 Å². The van der Waals surface area contributed by atoms with Gasteiger partial charge in [0.2, 0.25) is 0 Å². The van der Waals surface area contributed by atoms with Crippen molar-refractivity contribution in [1.82, 2.24) is 0 Å². The van der Waals surface area contributed by atoms with Crippen LogP contribution in [0.15, 0.2) is 56.0 Å². The Morgan fingerprint density at radius 2 is 1.15 bits per heavy atom. The third kappa shape index (κ3) is 5.12. The minimum Gasteiger partial charge on any atom is -0.294 e. The summed E-state index contributed by atoms with van der Waals surface area (Å²) in [7, 11) is 0. The molecule has 0 aromatic heterocycles. The number of benzene rings is 2. The van der Waals surface area contributed by atoms with E-state index in [9.17, 15) is 9.59 Å². The van der Waals surface area contributed by atoms with Gasteiger partial charge in [-0.05, 0) is 41.0 Å². The van der Waals surface area contributed by atoms with Crippen molar-refractivity contribution >= 4 is 35.1 Å². The smallest absolute Gasteiger partial charge is 0.169 e. The molecule has 0 bridgehead atoms. The van der Waals surface area contributed by atoms with Crippen molar-refractivity contribution in [3.63, 3.8) is 0 Å². The summed E-state index contributed by atoms with van der Waals surface area (Å²) in [4.78, 5) is 31.2. The van der Waals surface area contributed by atoms with Crippen molar-refractivity contribution in [2.24, 2.45) is 28.1 Å². The van der Waals surface area contributed by atoms with Gasteiger partial charge in [-0.3, -0.25) is 9.59 Å². The summed E-state index contributed by atoms with van der Waals surface area (Å²) in [6, 6.07) is 12.1. The second-order valence-corrected chi connectivity index (χ2v) is 14.4. The Hall–Kier alpha value is -1.52. The number of Topliss-reactive ketones (excluding diaryl/α,β-unsaturated/α-hetero) is 2. The molecular weight excluding hydrogens is 444 g/mol. The van der Waals surface area contributed by atoms with Crippen molar-refractivity contribution in [3.05, 3.63) is 47.5 Å². The zero-order chi connectivity index (χ0) is 24.9. The Labute approximate surface area is 208 Å². The molecule has 0 amide bonds. The SMILES string of the molecule is CC(C)C(C(=O)c1ccc2c(c1)Sc1ccc(C(=O)C(C)(C)C(C)(C)C)cc1S2)C(C)(C)C. The van der Waals surface area contributed by atoms with Gasteiger partial charge in [0.15, 0.2) is 11.6 Å². The van der Waals surface area contributed by atoms with Crippen molar-refractivity contribution < 1.29 is 9.59 Å². The molecule has 2 aromatic carbocycles. The van der Waals surface area contributed by atoms with Gasteiger partial charge in [-0.2, -0.15) is 0 Å². The summed E-state index contributed by atoms with van der Waals surface area (Å²) < 4.78 is 0. The Kier molecular flexibility index (Phi) is 7.06. The van der Waals surface area contributed by atoms with Gasteiger partial charge in [0.05, 0.1) is 0 Å². The Balaban J connectivity index is 1.90. The van der Waals surface area contributed by atoms with Crippen molar-refractivity contribution in [2.75, 3.05) is 0 Å². The quantitative estimate of drug-likeness (QED) is 0.340. The summed E-state index contributed by atoms with van der Waals surface area (Å²) >= 11 is 3.38. The number of hydrogen-bond acceptors (Lipinski definition) is 4. The molecule has 1 atom stereocenters. The van der Waals surface area contributed by atoms with Crippen LogP contribution in [0.2, 0.25) is 0 Å². The highest BCUT2D eigenvalue weighted by Gasteiger charge is 2.40. The summed E-state index contributed by atoms with van der Waals surface area (Å²) in [6.45, 7) is 21.1. The first-order valence-electron chi connectivity index (χ1n) is 11.8. The lowest BCUT2D eigenvalue weighted by molar-refractivity contribution is 0.0624. The van der Waals surface area contributed by atoms with Crippen LogP contribution in [0.1, 0.15) is 90.0 Å². The van der Waals surface area contributed by atoms with E-state index in [1.54, 1.807) is 23.5 Å². The van der Waals surface area contributed by atoms with Gasteiger partial charge < -0.3 is 0 Å². The maximum Gasteiger partial charge on any atom is 0.169 e. The molecule has 1 unspecified atom stereocenters. The van der Waals surface area contributed by atoms with Gasteiger partial charge in [-0.1, -0.05) is 105 Å². The molecule has 0 radical (unpaired) electrons. The predicted octanol–water partition coefficient (Wildman–Crippen LogP) is 9.06. The number of carbonyl (C=O) groups is 2. The largest absolute Gasteiger partial charge is 0.294 e. The number of carbonyl (C=O) groups excluding carboxylic acids is 2. The molecule has 1 heterocycles. The zero-order valence-electron chi connectivity index (χ0n) is 21.8. The number of fused-ring (bicyclic) bond motifs is 2. The molecule has 178 valence electrons. The van der Waals surface area contributed by atoms with Crippen LogP contribution in [0.5, 0.6) is 0 Å². The molecule has 0 saturated heterocycles. The molecule has 33 heavy (non-hydrogen) atoms. The lowest BCUT2D eigenvalue weighted by Crippen LogP contribution is -2.37. The van der Waals surface area contributed by atoms with E-state index in [0.29, 0.717) is 0 Å². The summed E-state index contributed by atoms with van der Waals surface area (Å²) in [5.74, 6) is 0.660. The van der Waals surface area contributed by atoms with Gasteiger partial charge >= 0.3 is 0 Å². The first-order chi connectivity index (χ1) is 15.0. The summed E-state index contributed by atoms with van der Waals surface area (Å²) in [5.41, 5.74) is 0.887. The Morgan fingerprint density at radius 3 is 1.58 bits per heavy atom. The van der Waals surface area contributed by atoms with Crippen molar-refractivity contribution in [1.29, 1.82) is 0 Å². The van der Waals surface area contributed by atoms with Gasteiger partial charge in [0, 0.05) is 42.0 Å². The molecule has 3 rings (SSSR count). The van der Waals surface area contributed by atoms with Gasteiger partial charge in [-0.15, -0.1) is 0 Å². The molecule has 0 fully saturated rings. The van der Waals surface area contributed by atoms with Crippen LogP contribution >= 0.6 is 23.5 Å².